The first kappa shape index (κ1) is 18.0. The molecule has 1 fully saturated rings. The number of hydrogen-bond donors (Lipinski definition) is 1. The normalized spacial score (nSPS) is 19.2. The lowest BCUT2D eigenvalue weighted by Gasteiger charge is -2.33. The third-order valence-electron chi connectivity index (χ3n) is 4.83. The van der Waals surface area contributed by atoms with E-state index in [1.54, 1.807) is 11.8 Å². The Morgan fingerprint density at radius 2 is 1.92 bits per heavy atom. The van der Waals surface area contributed by atoms with E-state index in [4.69, 9.17) is 4.74 Å². The topological polar surface area (TPSA) is 58.6 Å². The summed E-state index contributed by atoms with van der Waals surface area (Å²) in [7, 11) is 0. The molecule has 2 aromatic carbocycles. The standard InChI is InChI=1S/C21H24N2O3/c1-16-8-6-11-18(14-16)22-19(24)21(2)12-7-13-23(21)20(25)26-15-17-9-4-3-5-10-17/h3-6,8-11,14H,7,12-13,15H2,1-2H3,(H,22,24). The first-order valence-electron chi connectivity index (χ1n) is 8.85. The first-order chi connectivity index (χ1) is 12.5. The molecular weight excluding hydrogens is 328 g/mol. The molecule has 5 nitrogen and oxygen atoms in total. The van der Waals surface area contributed by atoms with Gasteiger partial charge in [0, 0.05) is 12.2 Å². The molecule has 1 heterocycles. The van der Waals surface area contributed by atoms with Crippen LogP contribution in [0.15, 0.2) is 54.6 Å². The van der Waals surface area contributed by atoms with Crippen molar-refractivity contribution in [1.29, 1.82) is 0 Å². The van der Waals surface area contributed by atoms with Gasteiger partial charge in [0.2, 0.25) is 5.91 Å². The van der Waals surface area contributed by atoms with Gasteiger partial charge in [0.1, 0.15) is 12.1 Å². The van der Waals surface area contributed by atoms with Gasteiger partial charge in [-0.1, -0.05) is 42.5 Å². The molecule has 1 aliphatic heterocycles. The van der Waals surface area contributed by atoms with Crippen LogP contribution in [0.1, 0.15) is 30.9 Å². The Hall–Kier alpha value is -2.82. The molecular formula is C21H24N2O3. The fourth-order valence-electron chi connectivity index (χ4n) is 3.28. The van der Waals surface area contributed by atoms with E-state index in [0.29, 0.717) is 13.0 Å². The molecule has 1 unspecified atom stereocenters. The minimum atomic E-state index is -0.905. The predicted octanol–water partition coefficient (Wildman–Crippen LogP) is 4.12. The van der Waals surface area contributed by atoms with Crippen LogP contribution in [0.4, 0.5) is 10.5 Å². The largest absolute Gasteiger partial charge is 0.445 e. The van der Waals surface area contributed by atoms with Gasteiger partial charge in [0.25, 0.3) is 0 Å². The Balaban J connectivity index is 1.67. The minimum Gasteiger partial charge on any atom is -0.445 e. The molecule has 26 heavy (non-hydrogen) atoms. The summed E-state index contributed by atoms with van der Waals surface area (Å²) in [4.78, 5) is 27.0. The SMILES string of the molecule is Cc1cccc(NC(=O)C2(C)CCCN2C(=O)OCc2ccccc2)c1. The van der Waals surface area contributed by atoms with Crippen molar-refractivity contribution in [3.63, 3.8) is 0 Å². The van der Waals surface area contributed by atoms with Crippen LogP contribution in [0.2, 0.25) is 0 Å². The Labute approximate surface area is 154 Å². The molecule has 0 spiro atoms. The molecule has 2 aromatic rings. The molecule has 1 aliphatic rings. The van der Waals surface area contributed by atoms with E-state index in [2.05, 4.69) is 5.32 Å². The smallest absolute Gasteiger partial charge is 0.410 e. The molecule has 1 saturated heterocycles. The van der Waals surface area contributed by atoms with Gasteiger partial charge in [-0.15, -0.1) is 0 Å². The summed E-state index contributed by atoms with van der Waals surface area (Å²) in [5.74, 6) is -0.183. The quantitative estimate of drug-likeness (QED) is 0.900. The van der Waals surface area contributed by atoms with Crippen molar-refractivity contribution < 1.29 is 14.3 Å². The zero-order chi connectivity index (χ0) is 18.6. The fourth-order valence-corrected chi connectivity index (χ4v) is 3.28. The maximum atomic E-state index is 12.9. The average Bonchev–Trinajstić information content (AvgIpc) is 3.04. The molecule has 136 valence electrons. The molecule has 1 atom stereocenters. The number of aryl methyl sites for hydroxylation is 1. The van der Waals surface area contributed by atoms with Crippen molar-refractivity contribution in [1.82, 2.24) is 4.90 Å². The lowest BCUT2D eigenvalue weighted by Crippen LogP contribution is -2.53. The molecule has 1 N–H and O–H groups in total. The molecule has 0 bridgehead atoms. The van der Waals surface area contributed by atoms with Crippen LogP contribution in [-0.4, -0.2) is 29.0 Å². The molecule has 2 amide bonds. The Morgan fingerprint density at radius 1 is 1.15 bits per heavy atom. The second-order valence-corrected chi connectivity index (χ2v) is 6.89. The zero-order valence-corrected chi connectivity index (χ0v) is 15.2. The van der Waals surface area contributed by atoms with Crippen molar-refractivity contribution in [2.75, 3.05) is 11.9 Å². The number of nitrogens with zero attached hydrogens (tertiary/aromatic N) is 1. The van der Waals surface area contributed by atoms with Crippen LogP contribution in [0, 0.1) is 6.92 Å². The van der Waals surface area contributed by atoms with E-state index in [1.165, 1.54) is 0 Å². The van der Waals surface area contributed by atoms with Gasteiger partial charge in [-0.3, -0.25) is 9.69 Å². The van der Waals surface area contributed by atoms with E-state index in [-0.39, 0.29) is 12.5 Å². The number of nitrogens with one attached hydrogen (secondary N) is 1. The van der Waals surface area contributed by atoms with Gasteiger partial charge in [-0.05, 0) is 49.9 Å². The maximum absolute atomic E-state index is 12.9. The highest BCUT2D eigenvalue weighted by molar-refractivity contribution is 6.00. The number of hydrogen-bond acceptors (Lipinski definition) is 3. The minimum absolute atomic E-state index is 0.183. The third-order valence-corrected chi connectivity index (χ3v) is 4.83. The van der Waals surface area contributed by atoms with Gasteiger partial charge in [-0.25, -0.2) is 4.79 Å². The number of carbonyl (C=O) groups excluding carboxylic acids is 2. The van der Waals surface area contributed by atoms with Gasteiger partial charge in [0.15, 0.2) is 0 Å². The van der Waals surface area contributed by atoms with Crippen LogP contribution >= 0.6 is 0 Å². The molecule has 0 aromatic heterocycles. The van der Waals surface area contributed by atoms with Crippen molar-refractivity contribution in [3.8, 4) is 0 Å². The van der Waals surface area contributed by atoms with Crippen molar-refractivity contribution in [3.05, 3.63) is 65.7 Å². The molecule has 0 aliphatic carbocycles. The molecule has 0 radical (unpaired) electrons. The Kier molecular flexibility index (Phi) is 5.26. The van der Waals surface area contributed by atoms with E-state index in [9.17, 15) is 9.59 Å². The Morgan fingerprint density at radius 3 is 2.65 bits per heavy atom. The highest BCUT2D eigenvalue weighted by Crippen LogP contribution is 2.31. The lowest BCUT2D eigenvalue weighted by molar-refractivity contribution is -0.125. The molecule has 5 heteroatoms. The summed E-state index contributed by atoms with van der Waals surface area (Å²) in [5.41, 5.74) is 1.82. The van der Waals surface area contributed by atoms with E-state index in [1.807, 2.05) is 61.5 Å². The summed E-state index contributed by atoms with van der Waals surface area (Å²) >= 11 is 0. The van der Waals surface area contributed by atoms with Crippen molar-refractivity contribution in [2.45, 2.75) is 38.8 Å². The van der Waals surface area contributed by atoms with Crippen molar-refractivity contribution >= 4 is 17.7 Å². The first-order valence-corrected chi connectivity index (χ1v) is 8.85. The predicted molar refractivity (Wildman–Crippen MR) is 101 cm³/mol. The van der Waals surface area contributed by atoms with E-state index in [0.717, 1.165) is 23.2 Å². The fraction of sp³-hybridized carbons (Fsp3) is 0.333. The second kappa shape index (κ2) is 7.60. The highest BCUT2D eigenvalue weighted by atomic mass is 16.6. The second-order valence-electron chi connectivity index (χ2n) is 6.89. The summed E-state index contributed by atoms with van der Waals surface area (Å²) in [6, 6.07) is 17.2. The van der Waals surface area contributed by atoms with Gasteiger partial charge in [0.05, 0.1) is 0 Å². The number of carbonyl (C=O) groups is 2. The number of rotatable bonds is 4. The number of likely N-dealkylation sites (tertiary alicyclic amines) is 1. The van der Waals surface area contributed by atoms with Crippen LogP contribution in [0.3, 0.4) is 0 Å². The van der Waals surface area contributed by atoms with Crippen LogP contribution < -0.4 is 5.32 Å². The van der Waals surface area contributed by atoms with E-state index < -0.39 is 11.6 Å². The number of benzene rings is 2. The molecule has 0 saturated carbocycles. The third kappa shape index (κ3) is 3.87. The Bertz CT molecular complexity index is 791. The lowest BCUT2D eigenvalue weighted by atomic mass is 9.97. The summed E-state index contributed by atoms with van der Waals surface area (Å²) < 4.78 is 5.43. The van der Waals surface area contributed by atoms with Gasteiger partial charge < -0.3 is 10.1 Å². The zero-order valence-electron chi connectivity index (χ0n) is 15.2. The van der Waals surface area contributed by atoms with Gasteiger partial charge >= 0.3 is 6.09 Å². The van der Waals surface area contributed by atoms with Crippen molar-refractivity contribution in [2.24, 2.45) is 0 Å². The average molecular weight is 352 g/mol. The van der Waals surface area contributed by atoms with Crippen LogP contribution in [0.25, 0.3) is 0 Å². The van der Waals surface area contributed by atoms with Gasteiger partial charge in [-0.2, -0.15) is 0 Å². The highest BCUT2D eigenvalue weighted by Gasteiger charge is 2.46. The number of amides is 2. The molecule has 3 rings (SSSR count). The maximum Gasteiger partial charge on any atom is 0.410 e. The monoisotopic (exact) mass is 352 g/mol. The number of anilines is 1. The van der Waals surface area contributed by atoms with Crippen LogP contribution in [0.5, 0.6) is 0 Å². The van der Waals surface area contributed by atoms with Crippen LogP contribution in [-0.2, 0) is 16.1 Å². The summed E-state index contributed by atoms with van der Waals surface area (Å²) in [5, 5.41) is 2.94. The van der Waals surface area contributed by atoms with E-state index >= 15 is 0 Å². The number of ether oxygens (including phenoxy) is 1. The summed E-state index contributed by atoms with van der Waals surface area (Å²) in [6.45, 7) is 4.49. The summed E-state index contributed by atoms with van der Waals surface area (Å²) in [6.07, 6.45) is 0.941.